The molecule has 1 aliphatic rings. The van der Waals surface area contributed by atoms with Crippen LogP contribution in [0.2, 0.25) is 0 Å². The van der Waals surface area contributed by atoms with Crippen LogP contribution in [0.1, 0.15) is 48.7 Å². The molecule has 0 radical (unpaired) electrons. The molecule has 0 unspecified atom stereocenters. The van der Waals surface area contributed by atoms with Crippen LogP contribution < -0.4 is 16.6 Å². The first kappa shape index (κ1) is 12.8. The van der Waals surface area contributed by atoms with Crippen LogP contribution in [0.4, 0.5) is 5.82 Å². The molecule has 0 spiro atoms. The Labute approximate surface area is 107 Å². The number of nitrogens with zero attached hydrogens (tertiary/aromatic N) is 1. The van der Waals surface area contributed by atoms with E-state index in [0.717, 1.165) is 12.2 Å². The molecule has 0 aliphatic heterocycles. The van der Waals surface area contributed by atoms with E-state index >= 15 is 0 Å². The summed E-state index contributed by atoms with van der Waals surface area (Å²) in [6.07, 6.45) is 2.45. The number of nitrogens with two attached hydrogens (primary N) is 1. The molecule has 5 nitrogen and oxygen atoms in total. The number of amides is 1. The van der Waals surface area contributed by atoms with Crippen molar-refractivity contribution in [1.82, 2.24) is 10.3 Å². The van der Waals surface area contributed by atoms with E-state index in [4.69, 9.17) is 5.84 Å². The fraction of sp³-hybridized carbons (Fsp3) is 0.538. The zero-order chi connectivity index (χ0) is 13.1. The Kier molecular flexibility index (Phi) is 3.81. The van der Waals surface area contributed by atoms with Crippen molar-refractivity contribution in [1.29, 1.82) is 0 Å². The summed E-state index contributed by atoms with van der Waals surface area (Å²) in [5.41, 5.74) is 3.98. The number of pyridine rings is 1. The number of hydrogen-bond donors (Lipinski definition) is 3. The number of aromatic nitrogens is 1. The minimum atomic E-state index is -0.0531. The molecule has 0 saturated heterocycles. The molecule has 18 heavy (non-hydrogen) atoms. The van der Waals surface area contributed by atoms with E-state index in [9.17, 15) is 4.79 Å². The largest absolute Gasteiger partial charge is 0.352 e. The van der Waals surface area contributed by atoms with Crippen LogP contribution in [-0.2, 0) is 0 Å². The lowest BCUT2D eigenvalue weighted by Gasteiger charge is -2.11. The molecule has 1 amide bonds. The minimum absolute atomic E-state index is 0.0531. The summed E-state index contributed by atoms with van der Waals surface area (Å²) in [6, 6.07) is 3.50. The van der Waals surface area contributed by atoms with Crippen LogP contribution in [0, 0.1) is 5.92 Å². The zero-order valence-electron chi connectivity index (χ0n) is 10.9. The van der Waals surface area contributed by atoms with Gasteiger partial charge in [0.15, 0.2) is 0 Å². The lowest BCUT2D eigenvalue weighted by molar-refractivity contribution is 0.0951. The molecule has 4 N–H and O–H groups in total. The van der Waals surface area contributed by atoms with Gasteiger partial charge in [0, 0.05) is 17.8 Å². The minimum Gasteiger partial charge on any atom is -0.352 e. The molecule has 0 aromatic carbocycles. The van der Waals surface area contributed by atoms with Crippen LogP contribution >= 0.6 is 0 Å². The Balaban J connectivity index is 2.13. The average Bonchev–Trinajstić information content (AvgIpc) is 3.19. The Morgan fingerprint density at radius 2 is 2.22 bits per heavy atom. The van der Waals surface area contributed by atoms with Crippen LogP contribution in [-0.4, -0.2) is 17.4 Å². The maximum atomic E-state index is 12.0. The number of nitrogens with one attached hydrogen (secondary N) is 2. The Bertz CT molecular complexity index is 441. The van der Waals surface area contributed by atoms with E-state index in [2.05, 4.69) is 15.7 Å². The molecule has 5 heteroatoms. The van der Waals surface area contributed by atoms with Crippen molar-refractivity contribution < 1.29 is 4.79 Å². The summed E-state index contributed by atoms with van der Waals surface area (Å²) >= 11 is 0. The number of hydrazine groups is 1. The van der Waals surface area contributed by atoms with Crippen molar-refractivity contribution in [2.45, 2.75) is 32.6 Å². The smallest absolute Gasteiger partial charge is 0.251 e. The predicted molar refractivity (Wildman–Crippen MR) is 71.2 cm³/mol. The van der Waals surface area contributed by atoms with Gasteiger partial charge < -0.3 is 10.7 Å². The first-order chi connectivity index (χ1) is 8.60. The topological polar surface area (TPSA) is 80.0 Å². The predicted octanol–water partition coefficient (Wildman–Crippen LogP) is 1.63. The lowest BCUT2D eigenvalue weighted by Crippen LogP contribution is -2.26. The highest BCUT2D eigenvalue weighted by atomic mass is 16.1. The summed E-state index contributed by atoms with van der Waals surface area (Å²) in [6.45, 7) is 4.84. The van der Waals surface area contributed by atoms with Gasteiger partial charge in [-0.2, -0.15) is 0 Å². The van der Waals surface area contributed by atoms with Crippen molar-refractivity contribution in [3.05, 3.63) is 23.4 Å². The van der Waals surface area contributed by atoms with Gasteiger partial charge in [0.05, 0.1) is 0 Å². The van der Waals surface area contributed by atoms with Crippen molar-refractivity contribution in [3.8, 4) is 0 Å². The van der Waals surface area contributed by atoms with Crippen LogP contribution in [0.25, 0.3) is 0 Å². The number of nitrogen functional groups attached to an aromatic ring is 1. The molecule has 2 rings (SSSR count). The summed E-state index contributed by atoms with van der Waals surface area (Å²) < 4.78 is 0. The molecule has 0 bridgehead atoms. The van der Waals surface area contributed by atoms with Gasteiger partial charge in [-0.15, -0.1) is 0 Å². The van der Waals surface area contributed by atoms with Crippen molar-refractivity contribution in [2.24, 2.45) is 11.8 Å². The highest BCUT2D eigenvalue weighted by Gasteiger charge is 2.22. The van der Waals surface area contributed by atoms with Crippen molar-refractivity contribution in [3.63, 3.8) is 0 Å². The van der Waals surface area contributed by atoms with Gasteiger partial charge in [0.2, 0.25) is 0 Å². The molecule has 1 heterocycles. The summed E-state index contributed by atoms with van der Waals surface area (Å²) in [5, 5.41) is 2.94. The number of rotatable bonds is 5. The molecule has 0 atom stereocenters. The van der Waals surface area contributed by atoms with Crippen LogP contribution in [0.5, 0.6) is 0 Å². The molecule has 1 saturated carbocycles. The van der Waals surface area contributed by atoms with Gasteiger partial charge in [-0.25, -0.2) is 10.8 Å². The van der Waals surface area contributed by atoms with E-state index in [0.29, 0.717) is 17.3 Å². The number of hydrogen-bond acceptors (Lipinski definition) is 4. The van der Waals surface area contributed by atoms with E-state index < -0.39 is 0 Å². The van der Waals surface area contributed by atoms with Gasteiger partial charge in [-0.05, 0) is 36.8 Å². The molecule has 1 aromatic rings. The molecule has 1 fully saturated rings. The quantitative estimate of drug-likeness (QED) is 0.546. The monoisotopic (exact) mass is 248 g/mol. The Morgan fingerprint density at radius 3 is 2.78 bits per heavy atom. The fourth-order valence-corrected chi connectivity index (χ4v) is 1.71. The number of carbonyl (C=O) groups is 1. The highest BCUT2D eigenvalue weighted by molar-refractivity contribution is 5.95. The van der Waals surface area contributed by atoms with Crippen LogP contribution in [0.3, 0.4) is 0 Å². The van der Waals surface area contributed by atoms with Gasteiger partial charge in [0.25, 0.3) is 5.91 Å². The summed E-state index contributed by atoms with van der Waals surface area (Å²) in [5.74, 6) is 6.78. The second-order valence-electron chi connectivity index (χ2n) is 5.12. The number of anilines is 1. The normalized spacial score (nSPS) is 14.7. The van der Waals surface area contributed by atoms with E-state index in [1.54, 1.807) is 6.07 Å². The fourth-order valence-electron chi connectivity index (χ4n) is 1.71. The Morgan fingerprint density at radius 1 is 1.50 bits per heavy atom. The second kappa shape index (κ2) is 5.35. The summed E-state index contributed by atoms with van der Waals surface area (Å²) in [7, 11) is 0. The van der Waals surface area contributed by atoms with Crippen molar-refractivity contribution in [2.75, 3.05) is 12.0 Å². The van der Waals surface area contributed by atoms with Gasteiger partial charge >= 0.3 is 0 Å². The van der Waals surface area contributed by atoms with Crippen molar-refractivity contribution >= 4 is 11.7 Å². The number of carbonyl (C=O) groups excluding carboxylic acids is 1. The first-order valence-corrected chi connectivity index (χ1v) is 6.37. The standard InChI is InChI=1S/C13H20N4O/c1-8(2)11-5-10(6-12(16-11)17-14)13(18)15-7-9-3-4-9/h5-6,8-9H,3-4,7,14H2,1-2H3,(H,15,18)(H,16,17). The van der Waals surface area contributed by atoms with Crippen LogP contribution in [0.15, 0.2) is 12.1 Å². The van der Waals surface area contributed by atoms with E-state index in [1.807, 2.05) is 19.9 Å². The van der Waals surface area contributed by atoms with Gasteiger partial charge in [-0.3, -0.25) is 4.79 Å². The first-order valence-electron chi connectivity index (χ1n) is 6.37. The molecular formula is C13H20N4O. The lowest BCUT2D eigenvalue weighted by atomic mass is 10.1. The highest BCUT2D eigenvalue weighted by Crippen LogP contribution is 2.27. The maximum Gasteiger partial charge on any atom is 0.251 e. The van der Waals surface area contributed by atoms with Gasteiger partial charge in [0.1, 0.15) is 5.82 Å². The summed E-state index contributed by atoms with van der Waals surface area (Å²) in [4.78, 5) is 16.3. The second-order valence-corrected chi connectivity index (χ2v) is 5.12. The molecule has 98 valence electrons. The van der Waals surface area contributed by atoms with Gasteiger partial charge in [-0.1, -0.05) is 13.8 Å². The SMILES string of the molecule is CC(C)c1cc(C(=O)NCC2CC2)cc(NN)n1. The molecular weight excluding hydrogens is 228 g/mol. The van der Waals surface area contributed by atoms with E-state index in [-0.39, 0.29) is 11.8 Å². The van der Waals surface area contributed by atoms with E-state index in [1.165, 1.54) is 12.8 Å². The molecule has 1 aliphatic carbocycles. The third-order valence-corrected chi connectivity index (χ3v) is 3.09. The zero-order valence-corrected chi connectivity index (χ0v) is 10.9. The molecule has 1 aromatic heterocycles. The third kappa shape index (κ3) is 3.20. The Hall–Kier alpha value is -1.62. The maximum absolute atomic E-state index is 12.0. The average molecular weight is 248 g/mol. The third-order valence-electron chi connectivity index (χ3n) is 3.09.